The van der Waals surface area contributed by atoms with Crippen LogP contribution in [0, 0.1) is 18.8 Å². The lowest BCUT2D eigenvalue weighted by Crippen LogP contribution is -2.33. The molecule has 1 unspecified atom stereocenters. The van der Waals surface area contributed by atoms with E-state index in [1.807, 2.05) is 74.8 Å². The second-order valence-electron chi connectivity index (χ2n) is 9.75. The number of pyridine rings is 1. The van der Waals surface area contributed by atoms with E-state index in [1.54, 1.807) is 45.3 Å². The zero-order chi connectivity index (χ0) is 28.5. The molecule has 1 N–H and O–H groups in total. The Bertz CT molecular complexity index is 2040. The van der Waals surface area contributed by atoms with Gasteiger partial charge >= 0.3 is 0 Å². The molecular weight excluding hydrogens is 514 g/mol. The van der Waals surface area contributed by atoms with E-state index in [4.69, 9.17) is 0 Å². The number of para-hydroxylation sites is 1. The van der Waals surface area contributed by atoms with E-state index < -0.39 is 6.04 Å². The molecule has 0 aliphatic carbocycles. The van der Waals surface area contributed by atoms with Crippen molar-refractivity contribution < 1.29 is 4.79 Å². The van der Waals surface area contributed by atoms with Crippen LogP contribution >= 0.6 is 0 Å². The molecule has 0 spiro atoms. The predicted octanol–water partition coefficient (Wildman–Crippen LogP) is 4.36. The summed E-state index contributed by atoms with van der Waals surface area (Å²) in [5.41, 5.74) is 4.01. The maximum atomic E-state index is 14.3. The number of nitrogens with zero attached hydrogens (tertiary/aromatic N) is 6. The smallest absolute Gasteiger partial charge is 0.264 e. The Morgan fingerprint density at radius 1 is 1.07 bits per heavy atom. The van der Waals surface area contributed by atoms with Crippen molar-refractivity contribution in [2.45, 2.75) is 26.3 Å². The Labute approximate surface area is 236 Å². The molecule has 0 aliphatic heterocycles. The average molecular weight is 542 g/mol. The number of fused-ring (bicyclic) bond motifs is 2. The van der Waals surface area contributed by atoms with Crippen molar-refractivity contribution in [2.24, 2.45) is 7.05 Å². The highest BCUT2D eigenvalue weighted by molar-refractivity contribution is 6.01. The number of benzene rings is 2. The highest BCUT2D eigenvalue weighted by Crippen LogP contribution is 2.26. The molecule has 6 aromatic rings. The molecule has 0 bridgehead atoms. The van der Waals surface area contributed by atoms with Crippen LogP contribution in [0.2, 0.25) is 0 Å². The van der Waals surface area contributed by atoms with Gasteiger partial charge in [0.1, 0.15) is 5.56 Å². The monoisotopic (exact) mass is 541 g/mol. The molecule has 1 atom stereocenters. The van der Waals surface area contributed by atoms with E-state index in [-0.39, 0.29) is 11.5 Å². The van der Waals surface area contributed by atoms with Gasteiger partial charge in [0.15, 0.2) is 5.65 Å². The van der Waals surface area contributed by atoms with Crippen molar-refractivity contribution in [3.05, 3.63) is 124 Å². The summed E-state index contributed by atoms with van der Waals surface area (Å²) in [6.45, 7) is 3.76. The fraction of sp³-hybridized carbons (Fsp3) is 0.156. The van der Waals surface area contributed by atoms with Crippen LogP contribution in [0.4, 0.5) is 0 Å². The molecule has 2 aromatic carbocycles. The molecule has 4 aromatic heterocycles. The SMILES string of the molecule is CCC(NC(=O)c1c(C)nn2cccnc12)c1cc2cccc(C#Cc3cnn(C)c3)c2c(=O)n1-c1ccccc1. The van der Waals surface area contributed by atoms with Gasteiger partial charge in [0.25, 0.3) is 11.5 Å². The molecule has 41 heavy (non-hydrogen) atoms. The predicted molar refractivity (Wildman–Crippen MR) is 157 cm³/mol. The molecule has 0 saturated heterocycles. The second kappa shape index (κ2) is 10.6. The van der Waals surface area contributed by atoms with Crippen LogP contribution in [0.1, 0.15) is 52.3 Å². The first-order valence-electron chi connectivity index (χ1n) is 13.3. The first-order chi connectivity index (χ1) is 19.9. The topological polar surface area (TPSA) is 99.1 Å². The first-order valence-corrected chi connectivity index (χ1v) is 13.3. The van der Waals surface area contributed by atoms with Crippen LogP contribution < -0.4 is 10.9 Å². The summed E-state index contributed by atoms with van der Waals surface area (Å²) in [6, 6.07) is 18.3. The number of nitrogens with one attached hydrogen (secondary N) is 1. The van der Waals surface area contributed by atoms with E-state index >= 15 is 0 Å². The van der Waals surface area contributed by atoms with Crippen molar-refractivity contribution in [2.75, 3.05) is 0 Å². The summed E-state index contributed by atoms with van der Waals surface area (Å²) in [7, 11) is 1.83. The van der Waals surface area contributed by atoms with Gasteiger partial charge in [-0.25, -0.2) is 9.50 Å². The van der Waals surface area contributed by atoms with Gasteiger partial charge in [-0.2, -0.15) is 10.2 Å². The van der Waals surface area contributed by atoms with Gasteiger partial charge in [0, 0.05) is 42.6 Å². The molecule has 202 valence electrons. The Balaban J connectivity index is 1.50. The Morgan fingerprint density at radius 2 is 1.90 bits per heavy atom. The minimum Gasteiger partial charge on any atom is -0.344 e. The number of aromatic nitrogens is 6. The molecule has 0 fully saturated rings. The third-order valence-electron chi connectivity index (χ3n) is 7.00. The summed E-state index contributed by atoms with van der Waals surface area (Å²) in [6.07, 6.45) is 7.46. The molecule has 6 rings (SSSR count). The minimum absolute atomic E-state index is 0.207. The molecule has 0 saturated carbocycles. The lowest BCUT2D eigenvalue weighted by Gasteiger charge is -2.23. The normalized spacial score (nSPS) is 11.8. The first kappa shape index (κ1) is 25.8. The number of rotatable bonds is 5. The van der Waals surface area contributed by atoms with Gasteiger partial charge in [-0.3, -0.25) is 18.8 Å². The van der Waals surface area contributed by atoms with Gasteiger partial charge in [-0.05, 0) is 49.1 Å². The van der Waals surface area contributed by atoms with Gasteiger partial charge < -0.3 is 5.32 Å². The van der Waals surface area contributed by atoms with Crippen LogP contribution in [0.25, 0.3) is 22.1 Å². The molecule has 9 nitrogen and oxygen atoms in total. The van der Waals surface area contributed by atoms with Crippen LogP contribution in [-0.2, 0) is 7.05 Å². The van der Waals surface area contributed by atoms with Crippen LogP contribution in [-0.4, -0.2) is 34.9 Å². The highest BCUT2D eigenvalue weighted by Gasteiger charge is 2.24. The largest absolute Gasteiger partial charge is 0.344 e. The van der Waals surface area contributed by atoms with Crippen molar-refractivity contribution in [3.8, 4) is 17.5 Å². The summed E-state index contributed by atoms with van der Waals surface area (Å²) in [5, 5.41) is 13.0. The number of amides is 1. The third-order valence-corrected chi connectivity index (χ3v) is 7.00. The van der Waals surface area contributed by atoms with Crippen LogP contribution in [0.15, 0.2) is 90.2 Å². The number of hydrogen-bond donors (Lipinski definition) is 1. The lowest BCUT2D eigenvalue weighted by atomic mass is 10.0. The Kier molecular flexibility index (Phi) is 6.65. The van der Waals surface area contributed by atoms with Crippen molar-refractivity contribution in [3.63, 3.8) is 0 Å². The molecular formula is C32H27N7O2. The Hall–Kier alpha value is -5.49. The quantitative estimate of drug-likeness (QED) is 0.327. The Morgan fingerprint density at radius 3 is 2.66 bits per heavy atom. The molecule has 1 amide bonds. The summed E-state index contributed by atoms with van der Waals surface area (Å²) < 4.78 is 4.95. The molecule has 4 heterocycles. The summed E-state index contributed by atoms with van der Waals surface area (Å²) in [5.74, 6) is 5.99. The fourth-order valence-electron chi connectivity index (χ4n) is 5.09. The number of aryl methyl sites for hydroxylation is 2. The summed E-state index contributed by atoms with van der Waals surface area (Å²) >= 11 is 0. The van der Waals surface area contributed by atoms with Gasteiger partial charge in [-0.15, -0.1) is 0 Å². The number of carbonyl (C=O) groups is 1. The van der Waals surface area contributed by atoms with Crippen LogP contribution in [0.5, 0.6) is 0 Å². The van der Waals surface area contributed by atoms with Crippen LogP contribution in [0.3, 0.4) is 0 Å². The van der Waals surface area contributed by atoms with Crippen molar-refractivity contribution >= 4 is 22.3 Å². The maximum Gasteiger partial charge on any atom is 0.264 e. The fourth-order valence-corrected chi connectivity index (χ4v) is 5.09. The van der Waals surface area contributed by atoms with Crippen molar-refractivity contribution in [1.82, 2.24) is 34.3 Å². The average Bonchev–Trinajstić information content (AvgIpc) is 3.56. The molecule has 0 aliphatic rings. The summed E-state index contributed by atoms with van der Waals surface area (Å²) in [4.78, 5) is 32.3. The number of hydrogen-bond acceptors (Lipinski definition) is 5. The molecule has 0 radical (unpaired) electrons. The standard InChI is InChI=1S/C32H27N7O2/c1-4-26(35-31(40)28-21(2)36-38-17-9-16-33-30(28)38)27-18-24-11-8-10-23(15-14-22-19-34-37(3)20-22)29(24)32(41)39(27)25-12-6-5-7-13-25/h5-13,16-20,26H,4H2,1-3H3,(H,35,40). The van der Waals surface area contributed by atoms with E-state index in [2.05, 4.69) is 32.3 Å². The zero-order valence-electron chi connectivity index (χ0n) is 22.9. The van der Waals surface area contributed by atoms with E-state index in [9.17, 15) is 9.59 Å². The number of carbonyl (C=O) groups excluding carboxylic acids is 1. The zero-order valence-corrected chi connectivity index (χ0v) is 22.9. The van der Waals surface area contributed by atoms with Crippen molar-refractivity contribution in [1.29, 1.82) is 0 Å². The highest BCUT2D eigenvalue weighted by atomic mass is 16.2. The van der Waals surface area contributed by atoms with Gasteiger partial charge in [-0.1, -0.05) is 49.1 Å². The maximum absolute atomic E-state index is 14.3. The van der Waals surface area contributed by atoms with E-state index in [0.29, 0.717) is 45.7 Å². The second-order valence-corrected chi connectivity index (χ2v) is 9.75. The lowest BCUT2D eigenvalue weighted by molar-refractivity contribution is 0.0935. The molecule has 9 heteroatoms. The van der Waals surface area contributed by atoms with E-state index in [0.717, 1.165) is 10.9 Å². The van der Waals surface area contributed by atoms with Gasteiger partial charge in [0.2, 0.25) is 0 Å². The van der Waals surface area contributed by atoms with E-state index in [1.165, 1.54) is 0 Å². The minimum atomic E-state index is -0.469. The third kappa shape index (κ3) is 4.76. The van der Waals surface area contributed by atoms with Gasteiger partial charge in [0.05, 0.1) is 28.9 Å².